The van der Waals surface area contributed by atoms with Gasteiger partial charge in [0.15, 0.2) is 13.2 Å². The van der Waals surface area contributed by atoms with Gasteiger partial charge in [0.2, 0.25) is 0 Å². The zero-order valence-electron chi connectivity index (χ0n) is 7.26. The van der Waals surface area contributed by atoms with Gasteiger partial charge in [0.1, 0.15) is 7.05 Å². The minimum Gasteiger partial charge on any atom is -0.444 e. The van der Waals surface area contributed by atoms with E-state index in [2.05, 4.69) is 13.8 Å². The molecule has 1 aliphatic rings. The summed E-state index contributed by atoms with van der Waals surface area (Å²) in [5, 5.41) is 0. The largest absolute Gasteiger partial charge is 0.444 e. The number of hydrogen-bond acceptors (Lipinski definition) is 1. The molecule has 0 saturated heterocycles. The minimum atomic E-state index is 0.858. The molecule has 0 aromatic rings. The highest BCUT2D eigenvalue weighted by Crippen LogP contribution is 1.78. The minimum absolute atomic E-state index is 0.858. The quantitative estimate of drug-likeness (QED) is 0.508. The molecule has 0 spiro atoms. The Kier molecular flexibility index (Phi) is 6.24. The highest BCUT2D eigenvalue weighted by atomic mass is 16.5. The second-order valence-corrected chi connectivity index (χ2v) is 2.46. The molecule has 2 nitrogen and oxygen atoms in total. The number of rotatable bonds is 1. The lowest BCUT2D eigenvalue weighted by atomic mass is 10.4. The molecule has 0 aromatic heterocycles. The summed E-state index contributed by atoms with van der Waals surface area (Å²) in [6, 6.07) is 0. The Morgan fingerprint density at radius 3 is 2.10 bits per heavy atom. The van der Waals surface area contributed by atoms with E-state index in [1.807, 2.05) is 11.6 Å². The predicted octanol–water partition coefficient (Wildman–Crippen LogP) is 1.49. The molecule has 0 aliphatic carbocycles. The molecule has 2 heteroatoms. The average molecular weight is 144 g/mol. The summed E-state index contributed by atoms with van der Waals surface area (Å²) < 4.78 is 6.87. The van der Waals surface area contributed by atoms with Gasteiger partial charge >= 0.3 is 6.40 Å². The first-order valence-corrected chi connectivity index (χ1v) is 3.96. The standard InChI is InChI=1S/C4H8NO.C4H10/c1-5-2-3-6-4-5;1-3-4-2/h4H,2-3H2,1H3;3-4H2,1-2H3/q+1;. The second-order valence-electron chi connectivity index (χ2n) is 2.46. The van der Waals surface area contributed by atoms with Crippen LogP contribution in [0.1, 0.15) is 26.7 Å². The van der Waals surface area contributed by atoms with Crippen molar-refractivity contribution in [3.8, 4) is 0 Å². The van der Waals surface area contributed by atoms with Crippen molar-refractivity contribution >= 4 is 6.40 Å². The van der Waals surface area contributed by atoms with Crippen LogP contribution >= 0.6 is 0 Å². The fourth-order valence-electron chi connectivity index (χ4n) is 0.429. The van der Waals surface area contributed by atoms with Crippen LogP contribution < -0.4 is 0 Å². The molecule has 1 rings (SSSR count). The zero-order valence-corrected chi connectivity index (χ0v) is 7.26. The Morgan fingerprint density at radius 1 is 1.40 bits per heavy atom. The molecule has 0 atom stereocenters. The SMILES string of the molecule is CCCC.C[N+]1=COCC1. The van der Waals surface area contributed by atoms with Crippen molar-refractivity contribution in [2.24, 2.45) is 0 Å². The van der Waals surface area contributed by atoms with Gasteiger partial charge in [-0.25, -0.2) is 4.58 Å². The van der Waals surface area contributed by atoms with Crippen molar-refractivity contribution in [1.29, 1.82) is 0 Å². The van der Waals surface area contributed by atoms with Gasteiger partial charge in [-0.1, -0.05) is 26.7 Å². The molecule has 1 aliphatic heterocycles. The topological polar surface area (TPSA) is 12.2 Å². The summed E-state index contributed by atoms with van der Waals surface area (Å²) in [6.45, 7) is 6.26. The van der Waals surface area contributed by atoms with E-state index in [0.717, 1.165) is 13.2 Å². The molecule has 0 N–H and O–H groups in total. The maximum absolute atomic E-state index is 4.86. The van der Waals surface area contributed by atoms with E-state index in [4.69, 9.17) is 4.74 Å². The molecule has 1 heterocycles. The Morgan fingerprint density at radius 2 is 2.00 bits per heavy atom. The highest BCUT2D eigenvalue weighted by molar-refractivity contribution is 5.40. The maximum atomic E-state index is 4.86. The van der Waals surface area contributed by atoms with E-state index < -0.39 is 0 Å². The van der Waals surface area contributed by atoms with Crippen molar-refractivity contribution in [1.82, 2.24) is 0 Å². The Balaban J connectivity index is 0.000000180. The number of unbranched alkanes of at least 4 members (excludes halogenated alkanes) is 1. The molecular formula is C8H18NO+. The van der Waals surface area contributed by atoms with Gasteiger partial charge in [-0.3, -0.25) is 0 Å². The fourth-order valence-corrected chi connectivity index (χ4v) is 0.429. The van der Waals surface area contributed by atoms with Crippen LogP contribution in [0.25, 0.3) is 0 Å². The lowest BCUT2D eigenvalue weighted by molar-refractivity contribution is -0.482. The molecule has 0 radical (unpaired) electrons. The van der Waals surface area contributed by atoms with Gasteiger partial charge in [0.25, 0.3) is 0 Å². The summed E-state index contributed by atoms with van der Waals surface area (Å²) in [5.74, 6) is 0. The van der Waals surface area contributed by atoms with Crippen LogP contribution in [0.5, 0.6) is 0 Å². The first-order valence-electron chi connectivity index (χ1n) is 3.96. The third-order valence-corrected chi connectivity index (χ3v) is 1.32. The third-order valence-electron chi connectivity index (χ3n) is 1.32. The van der Waals surface area contributed by atoms with E-state index in [1.54, 1.807) is 6.40 Å². The molecule has 60 valence electrons. The van der Waals surface area contributed by atoms with E-state index in [9.17, 15) is 0 Å². The summed E-state index contributed by atoms with van der Waals surface area (Å²) in [7, 11) is 1.99. The van der Waals surface area contributed by atoms with Crippen LogP contribution in [0.4, 0.5) is 0 Å². The third kappa shape index (κ3) is 5.60. The van der Waals surface area contributed by atoms with Gasteiger partial charge in [-0.15, -0.1) is 0 Å². The Labute approximate surface area is 63.5 Å². The lowest BCUT2D eigenvalue weighted by Gasteiger charge is -1.73. The van der Waals surface area contributed by atoms with Crippen molar-refractivity contribution < 1.29 is 9.31 Å². The van der Waals surface area contributed by atoms with E-state index in [-0.39, 0.29) is 0 Å². The van der Waals surface area contributed by atoms with Crippen LogP contribution in [0, 0.1) is 0 Å². The number of likely N-dealkylation sites (N-methyl/N-ethyl adjacent to an activating group) is 1. The van der Waals surface area contributed by atoms with Crippen LogP contribution in [-0.4, -0.2) is 31.2 Å². The van der Waals surface area contributed by atoms with Gasteiger partial charge in [-0.2, -0.15) is 0 Å². The first kappa shape index (κ1) is 9.47. The molecule has 0 aromatic carbocycles. The predicted molar refractivity (Wildman–Crippen MR) is 43.6 cm³/mol. The smallest absolute Gasteiger partial charge is 0.323 e. The van der Waals surface area contributed by atoms with Crippen molar-refractivity contribution in [3.63, 3.8) is 0 Å². The van der Waals surface area contributed by atoms with Gasteiger partial charge < -0.3 is 4.74 Å². The van der Waals surface area contributed by atoms with Crippen LogP contribution in [0.3, 0.4) is 0 Å². The van der Waals surface area contributed by atoms with E-state index in [0.29, 0.717) is 0 Å². The Bertz CT molecular complexity index is 97.4. The summed E-state index contributed by atoms with van der Waals surface area (Å²) in [5.41, 5.74) is 0. The average Bonchev–Trinajstić information content (AvgIpc) is 2.40. The molecule has 0 amide bonds. The summed E-state index contributed by atoms with van der Waals surface area (Å²) >= 11 is 0. The zero-order chi connectivity index (χ0) is 7.82. The molecule has 10 heavy (non-hydrogen) atoms. The van der Waals surface area contributed by atoms with Crippen LogP contribution in [0.15, 0.2) is 0 Å². The molecule has 0 bridgehead atoms. The number of nitrogens with zero attached hydrogens (tertiary/aromatic N) is 1. The van der Waals surface area contributed by atoms with Crippen molar-refractivity contribution in [3.05, 3.63) is 0 Å². The van der Waals surface area contributed by atoms with E-state index >= 15 is 0 Å². The van der Waals surface area contributed by atoms with Gasteiger partial charge in [0.05, 0.1) is 0 Å². The molecule has 0 unspecified atom stereocenters. The summed E-state index contributed by atoms with van der Waals surface area (Å²) in [6.07, 6.45) is 4.38. The van der Waals surface area contributed by atoms with E-state index in [1.165, 1.54) is 12.8 Å². The molecule has 0 fully saturated rings. The number of ether oxygens (including phenoxy) is 1. The number of hydrogen-bond donors (Lipinski definition) is 0. The summed E-state index contributed by atoms with van der Waals surface area (Å²) in [4.78, 5) is 0. The van der Waals surface area contributed by atoms with Crippen molar-refractivity contribution in [2.75, 3.05) is 20.2 Å². The second kappa shape index (κ2) is 6.59. The normalized spacial score (nSPS) is 14.9. The first-order chi connectivity index (χ1) is 4.81. The Hall–Kier alpha value is -0.530. The van der Waals surface area contributed by atoms with Crippen LogP contribution in [-0.2, 0) is 4.74 Å². The monoisotopic (exact) mass is 144 g/mol. The molecule has 0 saturated carbocycles. The van der Waals surface area contributed by atoms with Gasteiger partial charge in [-0.05, 0) is 0 Å². The highest BCUT2D eigenvalue weighted by Gasteiger charge is 2.02. The fraction of sp³-hybridized carbons (Fsp3) is 0.875. The van der Waals surface area contributed by atoms with Crippen LogP contribution in [0.2, 0.25) is 0 Å². The van der Waals surface area contributed by atoms with Gasteiger partial charge in [0, 0.05) is 0 Å². The van der Waals surface area contributed by atoms with Crippen molar-refractivity contribution in [2.45, 2.75) is 26.7 Å². The molecular weight excluding hydrogens is 126 g/mol. The maximum Gasteiger partial charge on any atom is 0.323 e. The lowest BCUT2D eigenvalue weighted by Crippen LogP contribution is -2.00.